The highest BCUT2D eigenvalue weighted by atomic mass is 15.3. The van der Waals surface area contributed by atoms with E-state index in [1.54, 1.807) is 0 Å². The van der Waals surface area contributed by atoms with Gasteiger partial charge in [-0.25, -0.2) is 0 Å². The molecular weight excluding hydrogens is 222 g/mol. The molecule has 3 heteroatoms. The van der Waals surface area contributed by atoms with Crippen LogP contribution in [0.5, 0.6) is 0 Å². The quantitative estimate of drug-likeness (QED) is 0.836. The summed E-state index contributed by atoms with van der Waals surface area (Å²) < 4.78 is 2.19. The third-order valence-corrected chi connectivity index (χ3v) is 4.11. The fourth-order valence-corrected chi connectivity index (χ4v) is 2.61. The molecule has 1 fully saturated rings. The number of nitrogens with zero attached hydrogens (tertiary/aromatic N) is 2. The minimum absolute atomic E-state index is 0.655. The number of rotatable bonds is 6. The molecule has 1 N–H and O–H groups in total. The zero-order valence-electron chi connectivity index (χ0n) is 11.9. The fourth-order valence-electron chi connectivity index (χ4n) is 2.61. The molecule has 18 heavy (non-hydrogen) atoms. The van der Waals surface area contributed by atoms with E-state index in [4.69, 9.17) is 5.10 Å². The summed E-state index contributed by atoms with van der Waals surface area (Å²) in [4.78, 5) is 0. The summed E-state index contributed by atoms with van der Waals surface area (Å²) >= 11 is 0. The van der Waals surface area contributed by atoms with E-state index < -0.39 is 0 Å². The van der Waals surface area contributed by atoms with Crippen LogP contribution in [-0.2, 0) is 6.54 Å². The Morgan fingerprint density at radius 3 is 2.89 bits per heavy atom. The number of hydrogen-bond donors (Lipinski definition) is 1. The average molecular weight is 249 g/mol. The maximum absolute atomic E-state index is 4.71. The Kier molecular flexibility index (Phi) is 5.24. The van der Waals surface area contributed by atoms with Crippen LogP contribution in [-0.4, -0.2) is 16.3 Å². The molecular formula is C15H27N3. The molecule has 1 aromatic rings. The molecule has 1 unspecified atom stereocenters. The maximum Gasteiger partial charge on any atom is 0.0762 e. The van der Waals surface area contributed by atoms with Crippen LogP contribution in [0.1, 0.15) is 64.1 Å². The fraction of sp³-hybridized carbons (Fsp3) is 0.800. The standard InChI is InChI=1S/C15H27N3/c1-3-13(2)11-16-12-14-9-10-18(17-14)15-7-5-4-6-8-15/h9-10,13,15-16H,3-8,11-12H2,1-2H3. The highest BCUT2D eigenvalue weighted by molar-refractivity contribution is 4.99. The normalized spacial score (nSPS) is 19.0. The van der Waals surface area contributed by atoms with Crippen LogP contribution in [0, 0.1) is 5.92 Å². The van der Waals surface area contributed by atoms with Gasteiger partial charge in [0.2, 0.25) is 0 Å². The Labute approximate surface area is 111 Å². The second-order valence-corrected chi connectivity index (χ2v) is 5.72. The Hall–Kier alpha value is -0.830. The molecule has 1 aromatic heterocycles. The summed E-state index contributed by atoms with van der Waals surface area (Å²) in [6.07, 6.45) is 10.2. The van der Waals surface area contributed by atoms with Gasteiger partial charge in [0.1, 0.15) is 0 Å². The molecule has 0 radical (unpaired) electrons. The molecule has 0 aromatic carbocycles. The SMILES string of the molecule is CCC(C)CNCc1ccn(C2CCCCC2)n1. The van der Waals surface area contributed by atoms with Crippen molar-refractivity contribution in [1.82, 2.24) is 15.1 Å². The Morgan fingerprint density at radius 1 is 1.39 bits per heavy atom. The monoisotopic (exact) mass is 249 g/mol. The van der Waals surface area contributed by atoms with E-state index in [2.05, 4.69) is 36.1 Å². The largest absolute Gasteiger partial charge is 0.311 e. The summed E-state index contributed by atoms with van der Waals surface area (Å²) in [5, 5.41) is 8.20. The van der Waals surface area contributed by atoms with Gasteiger partial charge in [0.15, 0.2) is 0 Å². The van der Waals surface area contributed by atoms with E-state index >= 15 is 0 Å². The van der Waals surface area contributed by atoms with Crippen LogP contribution in [0.15, 0.2) is 12.3 Å². The maximum atomic E-state index is 4.71. The molecule has 1 aliphatic rings. The van der Waals surface area contributed by atoms with E-state index in [1.165, 1.54) is 44.2 Å². The molecule has 0 saturated heterocycles. The molecule has 3 nitrogen and oxygen atoms in total. The first-order valence-electron chi connectivity index (χ1n) is 7.54. The summed E-state index contributed by atoms with van der Waals surface area (Å²) in [5.41, 5.74) is 1.18. The van der Waals surface area contributed by atoms with E-state index in [-0.39, 0.29) is 0 Å². The highest BCUT2D eigenvalue weighted by Gasteiger charge is 2.15. The molecule has 0 spiro atoms. The van der Waals surface area contributed by atoms with Crippen molar-refractivity contribution in [3.05, 3.63) is 18.0 Å². The van der Waals surface area contributed by atoms with E-state index in [0.717, 1.165) is 19.0 Å². The zero-order valence-corrected chi connectivity index (χ0v) is 11.9. The Bertz CT molecular complexity index is 339. The van der Waals surface area contributed by atoms with Crippen LogP contribution >= 0.6 is 0 Å². The lowest BCUT2D eigenvalue weighted by Crippen LogP contribution is -2.21. The molecule has 1 atom stereocenters. The predicted octanol–water partition coefficient (Wildman–Crippen LogP) is 3.52. The summed E-state index contributed by atoms with van der Waals surface area (Å²) in [6, 6.07) is 2.82. The predicted molar refractivity (Wildman–Crippen MR) is 75.5 cm³/mol. The molecule has 0 aliphatic heterocycles. The topological polar surface area (TPSA) is 29.9 Å². The lowest BCUT2D eigenvalue weighted by molar-refractivity contribution is 0.327. The molecule has 102 valence electrons. The van der Waals surface area contributed by atoms with Crippen LogP contribution in [0.2, 0.25) is 0 Å². The van der Waals surface area contributed by atoms with Gasteiger partial charge in [-0.2, -0.15) is 5.10 Å². The van der Waals surface area contributed by atoms with Crippen molar-refractivity contribution >= 4 is 0 Å². The van der Waals surface area contributed by atoms with Crippen LogP contribution in [0.4, 0.5) is 0 Å². The Morgan fingerprint density at radius 2 is 2.17 bits per heavy atom. The van der Waals surface area contributed by atoms with Gasteiger partial charge in [0, 0.05) is 12.7 Å². The van der Waals surface area contributed by atoms with Gasteiger partial charge >= 0.3 is 0 Å². The third kappa shape index (κ3) is 3.84. The lowest BCUT2D eigenvalue weighted by atomic mass is 9.96. The van der Waals surface area contributed by atoms with Crippen molar-refractivity contribution in [3.8, 4) is 0 Å². The summed E-state index contributed by atoms with van der Waals surface area (Å²) in [6.45, 7) is 6.52. The minimum Gasteiger partial charge on any atom is -0.311 e. The van der Waals surface area contributed by atoms with E-state index in [1.807, 2.05) is 0 Å². The van der Waals surface area contributed by atoms with Gasteiger partial charge < -0.3 is 5.32 Å². The first-order valence-corrected chi connectivity index (χ1v) is 7.54. The van der Waals surface area contributed by atoms with Gasteiger partial charge in [-0.1, -0.05) is 39.5 Å². The van der Waals surface area contributed by atoms with Crippen molar-refractivity contribution in [2.24, 2.45) is 5.92 Å². The van der Waals surface area contributed by atoms with Crippen molar-refractivity contribution < 1.29 is 0 Å². The van der Waals surface area contributed by atoms with Crippen LogP contribution in [0.3, 0.4) is 0 Å². The summed E-state index contributed by atoms with van der Waals surface area (Å²) in [7, 11) is 0. The third-order valence-electron chi connectivity index (χ3n) is 4.11. The summed E-state index contributed by atoms with van der Waals surface area (Å²) in [5.74, 6) is 0.755. The van der Waals surface area contributed by atoms with Gasteiger partial charge in [-0.15, -0.1) is 0 Å². The number of hydrogen-bond acceptors (Lipinski definition) is 2. The first-order chi connectivity index (χ1) is 8.79. The molecule has 1 saturated carbocycles. The molecule has 1 heterocycles. The van der Waals surface area contributed by atoms with E-state index in [9.17, 15) is 0 Å². The molecule has 2 rings (SSSR count). The van der Waals surface area contributed by atoms with Crippen molar-refractivity contribution in [3.63, 3.8) is 0 Å². The van der Waals surface area contributed by atoms with Gasteiger partial charge in [0.25, 0.3) is 0 Å². The smallest absolute Gasteiger partial charge is 0.0762 e. The van der Waals surface area contributed by atoms with Crippen molar-refractivity contribution in [2.45, 2.75) is 65.0 Å². The van der Waals surface area contributed by atoms with Crippen molar-refractivity contribution in [2.75, 3.05) is 6.54 Å². The van der Waals surface area contributed by atoms with Gasteiger partial charge in [0.05, 0.1) is 11.7 Å². The van der Waals surface area contributed by atoms with Gasteiger partial charge in [-0.05, 0) is 31.4 Å². The van der Waals surface area contributed by atoms with Crippen LogP contribution < -0.4 is 5.32 Å². The minimum atomic E-state index is 0.655. The van der Waals surface area contributed by atoms with Crippen molar-refractivity contribution in [1.29, 1.82) is 0 Å². The Balaban J connectivity index is 1.78. The number of nitrogens with one attached hydrogen (secondary N) is 1. The van der Waals surface area contributed by atoms with Crippen LogP contribution in [0.25, 0.3) is 0 Å². The second kappa shape index (κ2) is 6.93. The van der Waals surface area contributed by atoms with Gasteiger partial charge in [-0.3, -0.25) is 4.68 Å². The zero-order chi connectivity index (χ0) is 12.8. The van der Waals surface area contributed by atoms with E-state index in [0.29, 0.717) is 6.04 Å². The first kappa shape index (κ1) is 13.6. The number of aromatic nitrogens is 2. The second-order valence-electron chi connectivity index (χ2n) is 5.72. The molecule has 0 bridgehead atoms. The molecule has 0 amide bonds. The highest BCUT2D eigenvalue weighted by Crippen LogP contribution is 2.27. The average Bonchev–Trinajstić information content (AvgIpc) is 2.88. The molecule has 1 aliphatic carbocycles. The lowest BCUT2D eigenvalue weighted by Gasteiger charge is -2.21.